The summed E-state index contributed by atoms with van der Waals surface area (Å²) in [6.07, 6.45) is 0.272. The summed E-state index contributed by atoms with van der Waals surface area (Å²) >= 11 is 0. The molecule has 10 heteroatoms. The van der Waals surface area contributed by atoms with Crippen LogP contribution in [-0.4, -0.2) is 112 Å². The van der Waals surface area contributed by atoms with Crippen LogP contribution in [0.2, 0.25) is 0 Å². The maximum Gasteiger partial charge on any atom is 0.338 e. The van der Waals surface area contributed by atoms with Gasteiger partial charge in [0.15, 0.2) is 0 Å². The van der Waals surface area contributed by atoms with Gasteiger partial charge in [0.1, 0.15) is 17.3 Å². The summed E-state index contributed by atoms with van der Waals surface area (Å²) in [5.41, 5.74) is -2.88. The molecule has 236 valence electrons. The van der Waals surface area contributed by atoms with Crippen LogP contribution in [0.3, 0.4) is 0 Å². The first-order valence-corrected chi connectivity index (χ1v) is 15.5. The average Bonchev–Trinajstić information content (AvgIpc) is 3.37. The zero-order valence-electron chi connectivity index (χ0n) is 26.0. The Labute approximate surface area is 253 Å². The number of esters is 2. The fourth-order valence-electron chi connectivity index (χ4n) is 12.2. The van der Waals surface area contributed by atoms with Gasteiger partial charge in [-0.2, -0.15) is 0 Å². The van der Waals surface area contributed by atoms with Crippen molar-refractivity contribution in [3.8, 4) is 0 Å². The number of likely N-dealkylation sites (tertiary alicyclic amines) is 1. The fourth-order valence-corrected chi connectivity index (χ4v) is 12.2. The summed E-state index contributed by atoms with van der Waals surface area (Å²) < 4.78 is 38.0. The Kier molecular flexibility index (Phi) is 6.86. The number of methoxy groups -OCH3 is 4. The van der Waals surface area contributed by atoms with Crippen LogP contribution in [0.25, 0.3) is 0 Å². The van der Waals surface area contributed by atoms with Crippen molar-refractivity contribution in [1.82, 2.24) is 4.90 Å². The minimum atomic E-state index is -1.48. The van der Waals surface area contributed by atoms with Crippen molar-refractivity contribution in [3.05, 3.63) is 35.9 Å². The van der Waals surface area contributed by atoms with Gasteiger partial charge in [0.25, 0.3) is 0 Å². The molecule has 43 heavy (non-hydrogen) atoms. The van der Waals surface area contributed by atoms with Crippen LogP contribution in [0.1, 0.15) is 43.0 Å². The molecular weight excluding hydrogens is 554 g/mol. The highest BCUT2D eigenvalue weighted by Crippen LogP contribution is 2.80. The van der Waals surface area contributed by atoms with Gasteiger partial charge in [0.05, 0.1) is 30.5 Å². The third-order valence-corrected chi connectivity index (χ3v) is 12.7. The average molecular weight is 600 g/mol. The molecule has 7 bridgehead atoms. The van der Waals surface area contributed by atoms with E-state index in [1.54, 1.807) is 52.7 Å². The Balaban J connectivity index is 1.48. The number of rotatable bonds is 8. The molecule has 1 saturated heterocycles. The van der Waals surface area contributed by atoms with Gasteiger partial charge in [0, 0.05) is 83.0 Å². The number of aliphatic hydroxyl groups is 1. The van der Waals surface area contributed by atoms with Crippen LogP contribution in [-0.2, 0) is 33.2 Å². The van der Waals surface area contributed by atoms with Crippen LogP contribution in [0.15, 0.2) is 30.3 Å². The van der Waals surface area contributed by atoms with Crippen molar-refractivity contribution in [1.29, 1.82) is 0 Å². The molecule has 0 aromatic heterocycles. The topological polar surface area (TPSA) is 113 Å². The molecule has 5 aliphatic carbocycles. The number of carbonyl (C=O) groups is 2. The molecule has 5 saturated carbocycles. The number of ether oxygens (including phenoxy) is 6. The number of benzene rings is 1. The SMILES string of the molecule is COC[C@@]12CC[C@H](OC)[C@]34C([C@@H]([C@H](OC)C13)[C@@]1(OC(C)=O)C[C@H](OC)[C@]3(O)C[C@@H]4C1[C@H]3OC(=O)c1ccccc1)N(C)C2. The molecule has 1 N–H and O–H groups in total. The second-order valence-corrected chi connectivity index (χ2v) is 14.1. The van der Waals surface area contributed by atoms with E-state index >= 15 is 0 Å². The Morgan fingerprint density at radius 1 is 1.00 bits per heavy atom. The lowest BCUT2D eigenvalue weighted by Gasteiger charge is -2.69. The molecule has 1 aromatic rings. The smallest absolute Gasteiger partial charge is 0.338 e. The van der Waals surface area contributed by atoms with Crippen molar-refractivity contribution < 1.29 is 43.1 Å². The summed E-state index contributed by atoms with van der Waals surface area (Å²) in [7, 11) is 9.01. The minimum absolute atomic E-state index is 0.0201. The van der Waals surface area contributed by atoms with Gasteiger partial charge in [-0.1, -0.05) is 18.2 Å². The molecule has 1 spiro atoms. The minimum Gasteiger partial charge on any atom is -0.458 e. The normalized spacial score (nSPS) is 49.0. The van der Waals surface area contributed by atoms with E-state index in [0.717, 1.165) is 19.4 Å². The van der Waals surface area contributed by atoms with E-state index in [1.165, 1.54) is 6.92 Å². The number of fused-ring (bicyclic) bond motifs is 2. The van der Waals surface area contributed by atoms with Crippen molar-refractivity contribution in [2.24, 2.45) is 34.5 Å². The zero-order chi connectivity index (χ0) is 30.5. The van der Waals surface area contributed by atoms with Gasteiger partial charge in [0.2, 0.25) is 0 Å². The quantitative estimate of drug-likeness (QED) is 0.447. The fraction of sp³-hybridized carbons (Fsp3) is 0.758. The summed E-state index contributed by atoms with van der Waals surface area (Å²) in [5.74, 6) is -1.87. The molecular formula is C33H45NO9. The molecule has 1 aliphatic heterocycles. The lowest BCUT2D eigenvalue weighted by Crippen LogP contribution is -2.77. The molecule has 13 atom stereocenters. The molecule has 0 radical (unpaired) electrons. The summed E-state index contributed by atoms with van der Waals surface area (Å²) in [4.78, 5) is 29.2. The van der Waals surface area contributed by atoms with Crippen LogP contribution >= 0.6 is 0 Å². The van der Waals surface area contributed by atoms with Crippen molar-refractivity contribution in [2.45, 2.75) is 74.3 Å². The predicted octanol–water partition coefficient (Wildman–Crippen LogP) is 2.32. The first-order chi connectivity index (χ1) is 20.6. The number of nitrogens with zero attached hydrogens (tertiary/aromatic N) is 1. The highest BCUT2D eigenvalue weighted by atomic mass is 16.6. The second-order valence-electron chi connectivity index (χ2n) is 14.1. The summed E-state index contributed by atoms with van der Waals surface area (Å²) in [5, 5.41) is 12.7. The highest BCUT2D eigenvalue weighted by Gasteiger charge is 2.89. The van der Waals surface area contributed by atoms with Gasteiger partial charge < -0.3 is 38.4 Å². The first-order valence-electron chi connectivity index (χ1n) is 15.5. The number of hydrogen-bond acceptors (Lipinski definition) is 10. The molecule has 6 fully saturated rings. The number of piperidine rings is 1. The molecule has 6 aliphatic rings. The number of carbonyl (C=O) groups excluding carboxylic acids is 2. The van der Waals surface area contributed by atoms with E-state index in [2.05, 4.69) is 11.9 Å². The lowest BCUT2D eigenvalue weighted by molar-refractivity contribution is -0.285. The first kappa shape index (κ1) is 29.6. The van der Waals surface area contributed by atoms with E-state index in [1.807, 2.05) is 6.07 Å². The van der Waals surface area contributed by atoms with Crippen molar-refractivity contribution in [3.63, 3.8) is 0 Å². The Hall–Kier alpha value is -2.08. The maximum atomic E-state index is 13.7. The third-order valence-electron chi connectivity index (χ3n) is 12.7. The van der Waals surface area contributed by atoms with E-state index in [4.69, 9.17) is 28.4 Å². The monoisotopic (exact) mass is 599 g/mol. The Morgan fingerprint density at radius 2 is 1.72 bits per heavy atom. The Morgan fingerprint density at radius 3 is 2.35 bits per heavy atom. The van der Waals surface area contributed by atoms with Crippen LogP contribution in [0.4, 0.5) is 0 Å². The largest absolute Gasteiger partial charge is 0.458 e. The van der Waals surface area contributed by atoms with Gasteiger partial charge >= 0.3 is 11.9 Å². The van der Waals surface area contributed by atoms with Gasteiger partial charge in [-0.3, -0.25) is 4.79 Å². The lowest BCUT2D eigenvalue weighted by atomic mass is 9.43. The number of hydrogen-bond donors (Lipinski definition) is 1. The third kappa shape index (κ3) is 3.51. The standard InChI is InChI=1S/C33H45NO9/c1-18(35)43-32-15-22(40-5)31(37)14-20(23(32)28(31)42-29(36)19-10-8-7-9-11-19)33-21(39-4)12-13-30(17-38-3)16-34(2)27(33)24(32)25(41-6)26(30)33/h7-11,20-28,37H,12-17H2,1-6H3/t20-,21+,22+,23?,24-,25+,26?,27?,28-,30+,31-,32-,33+/m1/s1. The van der Waals surface area contributed by atoms with Crippen LogP contribution in [0.5, 0.6) is 0 Å². The molecule has 10 nitrogen and oxygen atoms in total. The second kappa shape index (κ2) is 9.96. The molecule has 1 heterocycles. The zero-order valence-corrected chi connectivity index (χ0v) is 26.0. The van der Waals surface area contributed by atoms with Crippen LogP contribution in [0, 0.1) is 34.5 Å². The molecule has 3 unspecified atom stereocenters. The Bertz CT molecular complexity index is 1280. The van der Waals surface area contributed by atoms with E-state index in [-0.39, 0.29) is 47.8 Å². The molecule has 7 rings (SSSR count). The summed E-state index contributed by atoms with van der Waals surface area (Å²) in [6.45, 7) is 2.82. The van der Waals surface area contributed by atoms with E-state index < -0.39 is 46.7 Å². The van der Waals surface area contributed by atoms with E-state index in [9.17, 15) is 14.7 Å². The molecule has 0 amide bonds. The maximum absolute atomic E-state index is 13.7. The van der Waals surface area contributed by atoms with E-state index in [0.29, 0.717) is 18.6 Å². The summed E-state index contributed by atoms with van der Waals surface area (Å²) in [6, 6.07) is 8.77. The van der Waals surface area contributed by atoms with Gasteiger partial charge in [-0.05, 0) is 44.4 Å². The van der Waals surface area contributed by atoms with Crippen molar-refractivity contribution in [2.75, 3.05) is 48.6 Å². The highest BCUT2D eigenvalue weighted by molar-refractivity contribution is 5.89. The van der Waals surface area contributed by atoms with Crippen LogP contribution < -0.4 is 0 Å². The van der Waals surface area contributed by atoms with Gasteiger partial charge in [-0.15, -0.1) is 0 Å². The predicted molar refractivity (Wildman–Crippen MR) is 153 cm³/mol. The van der Waals surface area contributed by atoms with Crippen molar-refractivity contribution >= 4 is 11.9 Å². The van der Waals surface area contributed by atoms with Gasteiger partial charge in [-0.25, -0.2) is 4.79 Å². The molecule has 1 aromatic carbocycles.